The van der Waals surface area contributed by atoms with Crippen molar-refractivity contribution in [2.24, 2.45) is 0 Å². The lowest BCUT2D eigenvalue weighted by Gasteiger charge is -2.43. The van der Waals surface area contributed by atoms with Crippen LogP contribution in [0.2, 0.25) is 0 Å². The van der Waals surface area contributed by atoms with Crippen molar-refractivity contribution in [1.82, 2.24) is 0 Å². The molecule has 3 aliphatic rings. The van der Waals surface area contributed by atoms with Gasteiger partial charge in [-0.3, -0.25) is 4.79 Å². The number of carbonyl (C=O) groups excluding carboxylic acids is 1. The van der Waals surface area contributed by atoms with Gasteiger partial charge in [-0.25, -0.2) is 0 Å². The molecule has 0 aliphatic carbocycles. The van der Waals surface area contributed by atoms with Gasteiger partial charge in [0.25, 0.3) is 0 Å². The second-order valence-electron chi connectivity index (χ2n) is 8.06. The highest BCUT2D eigenvalue weighted by Crippen LogP contribution is 2.39. The number of esters is 1. The van der Waals surface area contributed by atoms with Crippen LogP contribution in [-0.2, 0) is 35.1 Å². The first-order chi connectivity index (χ1) is 14.1. The SMILES string of the molecule is COC(=O)CC1CCC2O[C@@H]3[C@H](C[C@H]2O1)OC(CCOCc1ccccc1)[C@H]3O. The molecule has 3 unspecified atom stereocenters. The molecule has 0 saturated carbocycles. The van der Waals surface area contributed by atoms with Crippen molar-refractivity contribution < 1.29 is 33.6 Å². The van der Waals surface area contributed by atoms with E-state index in [1.165, 1.54) is 7.11 Å². The second kappa shape index (κ2) is 9.53. The van der Waals surface area contributed by atoms with Gasteiger partial charge in [-0.1, -0.05) is 30.3 Å². The number of aliphatic hydroxyl groups excluding tert-OH is 1. The molecule has 7 atom stereocenters. The van der Waals surface area contributed by atoms with Crippen LogP contribution in [0.25, 0.3) is 0 Å². The number of rotatable bonds is 7. The highest BCUT2D eigenvalue weighted by atomic mass is 16.6. The Bertz CT molecular complexity index is 666. The summed E-state index contributed by atoms with van der Waals surface area (Å²) in [6.45, 7) is 1.06. The molecule has 0 amide bonds. The minimum Gasteiger partial charge on any atom is -0.469 e. The molecule has 4 rings (SSSR count). The van der Waals surface area contributed by atoms with Gasteiger partial charge in [-0.15, -0.1) is 0 Å². The van der Waals surface area contributed by atoms with E-state index in [2.05, 4.69) is 0 Å². The van der Waals surface area contributed by atoms with E-state index in [4.69, 9.17) is 23.7 Å². The lowest BCUT2D eigenvalue weighted by Crippen LogP contribution is -2.53. The van der Waals surface area contributed by atoms with Crippen molar-refractivity contribution in [1.29, 1.82) is 0 Å². The predicted molar refractivity (Wildman–Crippen MR) is 103 cm³/mol. The summed E-state index contributed by atoms with van der Waals surface area (Å²) in [5.74, 6) is -0.258. The Morgan fingerprint density at radius 3 is 2.72 bits per heavy atom. The molecule has 1 N–H and O–H groups in total. The van der Waals surface area contributed by atoms with Gasteiger partial charge in [0.1, 0.15) is 12.2 Å². The van der Waals surface area contributed by atoms with E-state index in [0.29, 0.717) is 26.1 Å². The molecule has 0 radical (unpaired) electrons. The summed E-state index contributed by atoms with van der Waals surface area (Å²) >= 11 is 0. The highest BCUT2D eigenvalue weighted by Gasteiger charge is 2.51. The van der Waals surface area contributed by atoms with Gasteiger partial charge in [0.15, 0.2) is 0 Å². The summed E-state index contributed by atoms with van der Waals surface area (Å²) in [5, 5.41) is 10.7. The molecule has 29 heavy (non-hydrogen) atoms. The van der Waals surface area contributed by atoms with Crippen LogP contribution in [0.15, 0.2) is 30.3 Å². The zero-order chi connectivity index (χ0) is 20.2. The Morgan fingerprint density at radius 1 is 1.10 bits per heavy atom. The predicted octanol–water partition coefficient (Wildman–Crippen LogP) is 1.99. The first-order valence-electron chi connectivity index (χ1n) is 10.5. The minimum atomic E-state index is -0.658. The molecule has 1 aromatic carbocycles. The molecule has 7 nitrogen and oxygen atoms in total. The maximum Gasteiger partial charge on any atom is 0.308 e. The normalized spacial score (nSPS) is 36.3. The maximum absolute atomic E-state index is 11.5. The van der Waals surface area contributed by atoms with Gasteiger partial charge in [0.2, 0.25) is 0 Å². The molecule has 3 heterocycles. The molecular weight excluding hydrogens is 376 g/mol. The summed E-state index contributed by atoms with van der Waals surface area (Å²) in [6, 6.07) is 10.0. The van der Waals surface area contributed by atoms with Crippen molar-refractivity contribution in [2.45, 2.75) is 81.4 Å². The van der Waals surface area contributed by atoms with E-state index in [0.717, 1.165) is 18.4 Å². The molecule has 7 heteroatoms. The number of aliphatic hydroxyl groups is 1. The van der Waals surface area contributed by atoms with Crippen LogP contribution in [-0.4, -0.2) is 67.5 Å². The summed E-state index contributed by atoms with van der Waals surface area (Å²) in [6.07, 6.45) is 1.33. The van der Waals surface area contributed by atoms with Crippen molar-refractivity contribution in [3.05, 3.63) is 35.9 Å². The summed E-state index contributed by atoms with van der Waals surface area (Å²) in [7, 11) is 1.39. The number of hydrogen-bond acceptors (Lipinski definition) is 7. The monoisotopic (exact) mass is 406 g/mol. The lowest BCUT2D eigenvalue weighted by atomic mass is 9.90. The summed E-state index contributed by atoms with van der Waals surface area (Å²) in [4.78, 5) is 11.5. The Labute approximate surface area is 171 Å². The Balaban J connectivity index is 1.24. The van der Waals surface area contributed by atoms with Gasteiger partial charge in [0, 0.05) is 13.0 Å². The van der Waals surface area contributed by atoms with Crippen LogP contribution >= 0.6 is 0 Å². The Morgan fingerprint density at radius 2 is 1.93 bits per heavy atom. The van der Waals surface area contributed by atoms with E-state index in [-0.39, 0.29) is 49.0 Å². The van der Waals surface area contributed by atoms with Crippen molar-refractivity contribution in [3.8, 4) is 0 Å². The summed E-state index contributed by atoms with van der Waals surface area (Å²) in [5.41, 5.74) is 1.13. The molecule has 3 fully saturated rings. The first-order valence-corrected chi connectivity index (χ1v) is 10.5. The standard InChI is InChI=1S/C22H30O7/c1-25-20(23)11-15-7-8-16-18(27-15)12-19-22(29-16)21(24)17(28-19)9-10-26-13-14-5-3-2-4-6-14/h2-6,15-19,21-22,24H,7-13H2,1H3/t15?,16?,17?,18-,19+,21-,22-/m1/s1. The minimum absolute atomic E-state index is 0.0588. The van der Waals surface area contributed by atoms with E-state index in [9.17, 15) is 9.90 Å². The van der Waals surface area contributed by atoms with E-state index >= 15 is 0 Å². The van der Waals surface area contributed by atoms with Gasteiger partial charge in [0.05, 0.1) is 50.7 Å². The van der Waals surface area contributed by atoms with E-state index < -0.39 is 6.10 Å². The number of carbonyl (C=O) groups is 1. The fraction of sp³-hybridized carbons (Fsp3) is 0.682. The Hall–Kier alpha value is -1.51. The third-order valence-electron chi connectivity index (χ3n) is 6.07. The van der Waals surface area contributed by atoms with Gasteiger partial charge in [-0.2, -0.15) is 0 Å². The highest BCUT2D eigenvalue weighted by molar-refractivity contribution is 5.69. The maximum atomic E-state index is 11.5. The number of hydrogen-bond donors (Lipinski definition) is 1. The van der Waals surface area contributed by atoms with Crippen LogP contribution in [0, 0.1) is 0 Å². The van der Waals surface area contributed by atoms with Crippen LogP contribution in [0.3, 0.4) is 0 Å². The molecule has 3 saturated heterocycles. The van der Waals surface area contributed by atoms with Crippen molar-refractivity contribution in [3.63, 3.8) is 0 Å². The largest absolute Gasteiger partial charge is 0.469 e. The topological polar surface area (TPSA) is 83.5 Å². The molecule has 160 valence electrons. The second-order valence-corrected chi connectivity index (χ2v) is 8.06. The van der Waals surface area contributed by atoms with Crippen LogP contribution in [0.1, 0.15) is 37.7 Å². The third-order valence-corrected chi connectivity index (χ3v) is 6.07. The van der Waals surface area contributed by atoms with Gasteiger partial charge in [-0.05, 0) is 24.8 Å². The zero-order valence-corrected chi connectivity index (χ0v) is 16.8. The number of ether oxygens (including phenoxy) is 5. The summed E-state index contributed by atoms with van der Waals surface area (Å²) < 4.78 is 28.8. The number of fused-ring (bicyclic) bond motifs is 2. The molecule has 1 aromatic rings. The first kappa shape index (κ1) is 20.8. The lowest BCUT2D eigenvalue weighted by molar-refractivity contribution is -0.217. The third kappa shape index (κ3) is 4.98. The Kier molecular flexibility index (Phi) is 6.82. The zero-order valence-electron chi connectivity index (χ0n) is 16.8. The average Bonchev–Trinajstić information content (AvgIpc) is 3.05. The van der Waals surface area contributed by atoms with Gasteiger partial charge >= 0.3 is 5.97 Å². The van der Waals surface area contributed by atoms with Crippen molar-refractivity contribution >= 4 is 5.97 Å². The number of methoxy groups -OCH3 is 1. The fourth-order valence-corrected chi connectivity index (χ4v) is 4.53. The molecule has 3 aliphatic heterocycles. The molecular formula is C22H30O7. The van der Waals surface area contributed by atoms with Crippen LogP contribution < -0.4 is 0 Å². The fourth-order valence-electron chi connectivity index (χ4n) is 4.53. The van der Waals surface area contributed by atoms with Crippen molar-refractivity contribution in [2.75, 3.05) is 13.7 Å². The van der Waals surface area contributed by atoms with Crippen LogP contribution in [0.4, 0.5) is 0 Å². The average molecular weight is 406 g/mol. The smallest absolute Gasteiger partial charge is 0.308 e. The number of benzene rings is 1. The molecule has 0 bridgehead atoms. The van der Waals surface area contributed by atoms with Gasteiger partial charge < -0.3 is 28.8 Å². The van der Waals surface area contributed by atoms with Crippen LogP contribution in [0.5, 0.6) is 0 Å². The quantitative estimate of drug-likeness (QED) is 0.548. The molecule has 0 aromatic heterocycles. The van der Waals surface area contributed by atoms with E-state index in [1.54, 1.807) is 0 Å². The van der Waals surface area contributed by atoms with E-state index in [1.807, 2.05) is 30.3 Å². The molecule has 0 spiro atoms.